The van der Waals surface area contributed by atoms with E-state index in [0.29, 0.717) is 23.6 Å². The number of aryl methyl sites for hydroxylation is 1. The first kappa shape index (κ1) is 21.8. The van der Waals surface area contributed by atoms with Crippen LogP contribution in [0.15, 0.2) is 42.5 Å². The van der Waals surface area contributed by atoms with E-state index < -0.39 is 0 Å². The maximum atomic E-state index is 11.6. The number of unbranched alkanes of at least 4 members (excludes halogenated alkanes) is 1. The third kappa shape index (κ3) is 5.81. The Morgan fingerprint density at radius 3 is 2.47 bits per heavy atom. The van der Waals surface area contributed by atoms with Crippen LogP contribution in [0.2, 0.25) is 0 Å². The third-order valence-corrected chi connectivity index (χ3v) is 5.74. The van der Waals surface area contributed by atoms with E-state index in [9.17, 15) is 14.9 Å². The largest absolute Gasteiger partial charge is 0.457 e. The Hall–Kier alpha value is -2.89. The molecule has 30 heavy (non-hydrogen) atoms. The average molecular weight is 411 g/mol. The first-order chi connectivity index (χ1) is 14.6. The standard InChI is InChI=1S/C24H30N2O4/c1-2-5-19-13-15-25(16-14-19)24-18-22(11-12-23(24)26(28)29)30-21-9-7-20(8-10-21)6-3-4-17-27/h7-12,17-19H,2-6,13-16H2,1H3. The van der Waals surface area contributed by atoms with E-state index in [-0.39, 0.29) is 10.6 Å². The lowest BCUT2D eigenvalue weighted by Gasteiger charge is -2.33. The molecule has 0 amide bonds. The zero-order chi connectivity index (χ0) is 21.3. The molecular weight excluding hydrogens is 380 g/mol. The van der Waals surface area contributed by atoms with E-state index in [4.69, 9.17) is 4.74 Å². The first-order valence-corrected chi connectivity index (χ1v) is 10.8. The number of rotatable bonds is 10. The molecule has 6 nitrogen and oxygen atoms in total. The topological polar surface area (TPSA) is 72.7 Å². The Morgan fingerprint density at radius 2 is 1.83 bits per heavy atom. The summed E-state index contributed by atoms with van der Waals surface area (Å²) in [5.74, 6) is 2.00. The van der Waals surface area contributed by atoms with Gasteiger partial charge in [0.1, 0.15) is 23.5 Å². The summed E-state index contributed by atoms with van der Waals surface area (Å²) in [4.78, 5) is 23.8. The predicted octanol–water partition coefficient (Wildman–Crippen LogP) is 5.93. The van der Waals surface area contributed by atoms with Gasteiger partial charge in [0.05, 0.1) is 4.92 Å². The minimum absolute atomic E-state index is 0.127. The lowest BCUT2D eigenvalue weighted by molar-refractivity contribution is -0.384. The molecule has 0 aromatic heterocycles. The highest BCUT2D eigenvalue weighted by Gasteiger charge is 2.25. The van der Waals surface area contributed by atoms with Crippen LogP contribution in [0, 0.1) is 16.0 Å². The number of nitro groups is 1. The van der Waals surface area contributed by atoms with Crippen molar-refractivity contribution < 1.29 is 14.5 Å². The number of hydrogen-bond donors (Lipinski definition) is 0. The van der Waals surface area contributed by atoms with Gasteiger partial charge in [0.25, 0.3) is 5.69 Å². The first-order valence-electron chi connectivity index (χ1n) is 10.8. The number of aldehydes is 1. The molecule has 160 valence electrons. The smallest absolute Gasteiger partial charge is 0.292 e. The van der Waals surface area contributed by atoms with Crippen LogP contribution in [0.4, 0.5) is 11.4 Å². The van der Waals surface area contributed by atoms with Gasteiger partial charge in [-0.1, -0.05) is 31.9 Å². The van der Waals surface area contributed by atoms with Gasteiger partial charge in [-0.05, 0) is 55.4 Å². The molecule has 0 atom stereocenters. The molecule has 0 aliphatic carbocycles. The SMILES string of the molecule is CCCC1CCN(c2cc(Oc3ccc(CCCC=O)cc3)ccc2[N+](=O)[O-])CC1. The Morgan fingerprint density at radius 1 is 1.13 bits per heavy atom. The zero-order valence-corrected chi connectivity index (χ0v) is 17.6. The molecule has 0 N–H and O–H groups in total. The molecule has 0 radical (unpaired) electrons. The highest BCUT2D eigenvalue weighted by atomic mass is 16.6. The number of piperidine rings is 1. The maximum Gasteiger partial charge on any atom is 0.292 e. The van der Waals surface area contributed by atoms with E-state index in [1.807, 2.05) is 24.3 Å². The Kier molecular flexibility index (Phi) is 7.82. The van der Waals surface area contributed by atoms with Crippen LogP contribution in [0.5, 0.6) is 11.5 Å². The maximum absolute atomic E-state index is 11.6. The van der Waals surface area contributed by atoms with Gasteiger partial charge in [0, 0.05) is 31.6 Å². The van der Waals surface area contributed by atoms with Crippen molar-refractivity contribution in [1.29, 1.82) is 0 Å². The van der Waals surface area contributed by atoms with Crippen molar-refractivity contribution in [2.24, 2.45) is 5.92 Å². The number of carbonyl (C=O) groups is 1. The van der Waals surface area contributed by atoms with Crippen molar-refractivity contribution in [1.82, 2.24) is 0 Å². The van der Waals surface area contributed by atoms with Gasteiger partial charge in [-0.2, -0.15) is 0 Å². The molecular formula is C24H30N2O4. The Balaban J connectivity index is 1.71. The van der Waals surface area contributed by atoms with Crippen LogP contribution in [0.25, 0.3) is 0 Å². The molecule has 3 rings (SSSR count). The molecule has 1 saturated heterocycles. The number of carbonyl (C=O) groups excluding carboxylic acids is 1. The molecule has 1 aliphatic rings. The molecule has 2 aromatic carbocycles. The molecule has 6 heteroatoms. The Bertz CT molecular complexity index is 843. The fraction of sp³-hybridized carbons (Fsp3) is 0.458. The Labute approximate surface area is 178 Å². The molecule has 2 aromatic rings. The number of anilines is 1. The molecule has 1 fully saturated rings. The number of hydrogen-bond acceptors (Lipinski definition) is 5. The summed E-state index contributed by atoms with van der Waals surface area (Å²) in [7, 11) is 0. The molecule has 0 bridgehead atoms. The highest BCUT2D eigenvalue weighted by Crippen LogP contribution is 2.36. The minimum Gasteiger partial charge on any atom is -0.457 e. The predicted molar refractivity (Wildman–Crippen MR) is 118 cm³/mol. The van der Waals surface area contributed by atoms with Crippen LogP contribution < -0.4 is 9.64 Å². The van der Waals surface area contributed by atoms with Crippen LogP contribution in [0.3, 0.4) is 0 Å². The van der Waals surface area contributed by atoms with Crippen molar-refractivity contribution in [2.45, 2.75) is 51.9 Å². The zero-order valence-electron chi connectivity index (χ0n) is 17.6. The van der Waals surface area contributed by atoms with E-state index in [1.54, 1.807) is 12.1 Å². The average Bonchev–Trinajstić information content (AvgIpc) is 2.76. The van der Waals surface area contributed by atoms with Gasteiger partial charge in [-0.15, -0.1) is 0 Å². The highest BCUT2D eigenvalue weighted by molar-refractivity contribution is 5.66. The summed E-state index contributed by atoms with van der Waals surface area (Å²) in [6.07, 6.45) is 7.76. The van der Waals surface area contributed by atoms with Crippen LogP contribution in [-0.2, 0) is 11.2 Å². The van der Waals surface area contributed by atoms with E-state index in [2.05, 4.69) is 11.8 Å². The number of ether oxygens (including phenoxy) is 1. The van der Waals surface area contributed by atoms with Crippen molar-refractivity contribution in [3.63, 3.8) is 0 Å². The number of nitrogens with zero attached hydrogens (tertiary/aromatic N) is 2. The quantitative estimate of drug-likeness (QED) is 0.210. The van der Waals surface area contributed by atoms with Crippen LogP contribution in [-0.4, -0.2) is 24.3 Å². The minimum atomic E-state index is -0.314. The van der Waals surface area contributed by atoms with E-state index in [0.717, 1.165) is 56.5 Å². The number of benzene rings is 2. The number of nitro benzene ring substituents is 1. The van der Waals surface area contributed by atoms with Crippen molar-refractivity contribution in [3.05, 3.63) is 58.1 Å². The lowest BCUT2D eigenvalue weighted by Crippen LogP contribution is -2.34. The summed E-state index contributed by atoms with van der Waals surface area (Å²) in [6.45, 7) is 3.88. The summed E-state index contributed by atoms with van der Waals surface area (Å²) in [6, 6.07) is 12.8. The van der Waals surface area contributed by atoms with Gasteiger partial charge >= 0.3 is 0 Å². The fourth-order valence-electron chi connectivity index (χ4n) is 4.09. The summed E-state index contributed by atoms with van der Waals surface area (Å²) in [5, 5.41) is 11.6. The van der Waals surface area contributed by atoms with E-state index in [1.165, 1.54) is 18.9 Å². The molecule has 0 saturated carbocycles. The van der Waals surface area contributed by atoms with Crippen LogP contribution >= 0.6 is 0 Å². The monoisotopic (exact) mass is 410 g/mol. The summed E-state index contributed by atoms with van der Waals surface area (Å²) < 4.78 is 5.98. The third-order valence-electron chi connectivity index (χ3n) is 5.74. The molecule has 1 heterocycles. The van der Waals surface area contributed by atoms with Gasteiger partial charge < -0.3 is 14.4 Å². The van der Waals surface area contributed by atoms with Crippen molar-refractivity contribution in [2.75, 3.05) is 18.0 Å². The second-order valence-corrected chi connectivity index (χ2v) is 7.93. The van der Waals surface area contributed by atoms with Crippen molar-refractivity contribution >= 4 is 17.7 Å². The normalized spacial score (nSPS) is 14.5. The lowest BCUT2D eigenvalue weighted by atomic mass is 9.92. The molecule has 1 aliphatic heterocycles. The van der Waals surface area contributed by atoms with Gasteiger partial charge in [-0.3, -0.25) is 10.1 Å². The van der Waals surface area contributed by atoms with Crippen LogP contribution in [0.1, 0.15) is 51.0 Å². The molecule has 0 spiro atoms. The van der Waals surface area contributed by atoms with Gasteiger partial charge in [0.2, 0.25) is 0 Å². The van der Waals surface area contributed by atoms with Crippen molar-refractivity contribution in [3.8, 4) is 11.5 Å². The fourth-order valence-corrected chi connectivity index (χ4v) is 4.09. The summed E-state index contributed by atoms with van der Waals surface area (Å²) in [5.41, 5.74) is 1.92. The summed E-state index contributed by atoms with van der Waals surface area (Å²) >= 11 is 0. The second-order valence-electron chi connectivity index (χ2n) is 7.93. The van der Waals surface area contributed by atoms with Gasteiger partial charge in [0.15, 0.2) is 0 Å². The van der Waals surface area contributed by atoms with E-state index >= 15 is 0 Å². The van der Waals surface area contributed by atoms with Gasteiger partial charge in [-0.25, -0.2) is 0 Å². The second kappa shape index (κ2) is 10.8. The molecule has 0 unspecified atom stereocenters.